The Hall–Kier alpha value is -0.0800. The third kappa shape index (κ3) is 4.19. The molecule has 0 aliphatic heterocycles. The zero-order chi connectivity index (χ0) is 13.7. The molecule has 1 aromatic carbocycles. The first-order valence-electron chi connectivity index (χ1n) is 7.46. The van der Waals surface area contributed by atoms with E-state index in [1.54, 1.807) is 0 Å². The van der Waals surface area contributed by atoms with Gasteiger partial charge in [0.1, 0.15) is 0 Å². The number of benzene rings is 1. The Balaban J connectivity index is 2.00. The summed E-state index contributed by atoms with van der Waals surface area (Å²) in [6.07, 6.45) is 8.37. The van der Waals surface area contributed by atoms with Gasteiger partial charge in [0, 0.05) is 10.6 Å². The number of thiol groups is 1. The summed E-state index contributed by atoms with van der Waals surface area (Å²) >= 11 is 6.70. The molecule has 0 nitrogen and oxygen atoms in total. The molecule has 0 aromatic heterocycles. The molecule has 0 unspecified atom stereocenters. The molecule has 0 N–H and O–H groups in total. The summed E-state index contributed by atoms with van der Waals surface area (Å²) in [5.74, 6) is 2.28. The molecule has 19 heavy (non-hydrogen) atoms. The largest absolute Gasteiger partial charge is 0.179 e. The van der Waals surface area contributed by atoms with Gasteiger partial charge in [-0.15, -0.1) is 11.8 Å². The minimum atomic E-state index is 0.475. The number of aryl methyl sites for hydroxylation is 2. The number of thioether (sulfide) groups is 1. The van der Waals surface area contributed by atoms with Gasteiger partial charge in [0.05, 0.1) is 0 Å². The van der Waals surface area contributed by atoms with E-state index in [0.717, 1.165) is 5.75 Å². The van der Waals surface area contributed by atoms with Crippen molar-refractivity contribution in [1.82, 2.24) is 0 Å². The minimum absolute atomic E-state index is 0.475. The topological polar surface area (TPSA) is 0 Å². The fourth-order valence-corrected chi connectivity index (χ4v) is 4.73. The molecule has 1 saturated carbocycles. The van der Waals surface area contributed by atoms with Crippen LogP contribution in [0.5, 0.6) is 0 Å². The van der Waals surface area contributed by atoms with Crippen LogP contribution >= 0.6 is 24.4 Å². The first kappa shape index (κ1) is 15.3. The molecular weight excluding hydrogens is 268 g/mol. The molecule has 0 heterocycles. The molecule has 0 atom stereocenters. The van der Waals surface area contributed by atoms with Gasteiger partial charge in [-0.05, 0) is 61.1 Å². The minimum Gasteiger partial charge on any atom is -0.179 e. The Morgan fingerprint density at radius 3 is 2.32 bits per heavy atom. The SMILES string of the molecule is Cc1ccc(SCC2(CS)CCCCCC2)cc1C. The van der Waals surface area contributed by atoms with Crippen LogP contribution in [0.4, 0.5) is 0 Å². The normalized spacial score (nSPS) is 19.1. The van der Waals surface area contributed by atoms with E-state index in [-0.39, 0.29) is 0 Å². The van der Waals surface area contributed by atoms with E-state index in [1.807, 2.05) is 11.8 Å². The van der Waals surface area contributed by atoms with Crippen LogP contribution in [-0.2, 0) is 0 Å². The van der Waals surface area contributed by atoms with Crippen LogP contribution in [-0.4, -0.2) is 11.5 Å². The van der Waals surface area contributed by atoms with E-state index in [1.165, 1.54) is 60.3 Å². The monoisotopic (exact) mass is 294 g/mol. The summed E-state index contributed by atoms with van der Waals surface area (Å²) in [5, 5.41) is 0. The molecule has 1 aliphatic carbocycles. The summed E-state index contributed by atoms with van der Waals surface area (Å²) in [5.41, 5.74) is 3.27. The molecule has 106 valence electrons. The summed E-state index contributed by atoms with van der Waals surface area (Å²) in [4.78, 5) is 1.42. The van der Waals surface area contributed by atoms with Crippen LogP contribution < -0.4 is 0 Å². The first-order valence-corrected chi connectivity index (χ1v) is 9.08. The Bertz CT molecular complexity index is 404. The number of hydrogen-bond donors (Lipinski definition) is 1. The maximum atomic E-state index is 4.67. The summed E-state index contributed by atoms with van der Waals surface area (Å²) in [7, 11) is 0. The summed E-state index contributed by atoms with van der Waals surface area (Å²) < 4.78 is 0. The van der Waals surface area contributed by atoms with Crippen molar-refractivity contribution in [1.29, 1.82) is 0 Å². The van der Waals surface area contributed by atoms with E-state index in [9.17, 15) is 0 Å². The molecule has 0 amide bonds. The van der Waals surface area contributed by atoms with Gasteiger partial charge in [0.15, 0.2) is 0 Å². The van der Waals surface area contributed by atoms with Crippen LogP contribution in [0.25, 0.3) is 0 Å². The molecule has 2 heteroatoms. The molecule has 0 bridgehead atoms. The Kier molecular flexibility index (Phi) is 5.70. The summed E-state index contributed by atoms with van der Waals surface area (Å²) in [6.45, 7) is 4.39. The van der Waals surface area contributed by atoms with E-state index in [2.05, 4.69) is 44.7 Å². The van der Waals surface area contributed by atoms with Gasteiger partial charge in [-0.1, -0.05) is 31.7 Å². The summed E-state index contributed by atoms with van der Waals surface area (Å²) in [6, 6.07) is 6.86. The lowest BCUT2D eigenvalue weighted by Gasteiger charge is -2.30. The van der Waals surface area contributed by atoms with Crippen molar-refractivity contribution >= 4 is 24.4 Å². The van der Waals surface area contributed by atoms with Crippen molar-refractivity contribution in [2.45, 2.75) is 57.3 Å². The van der Waals surface area contributed by atoms with Crippen molar-refractivity contribution in [3.8, 4) is 0 Å². The van der Waals surface area contributed by atoms with Crippen molar-refractivity contribution in [3.05, 3.63) is 29.3 Å². The zero-order valence-electron chi connectivity index (χ0n) is 12.2. The van der Waals surface area contributed by atoms with E-state index < -0.39 is 0 Å². The van der Waals surface area contributed by atoms with Crippen LogP contribution in [0.2, 0.25) is 0 Å². The van der Waals surface area contributed by atoms with Crippen LogP contribution in [0.15, 0.2) is 23.1 Å². The molecule has 0 radical (unpaired) electrons. The van der Waals surface area contributed by atoms with Crippen molar-refractivity contribution < 1.29 is 0 Å². The number of rotatable bonds is 4. The highest BCUT2D eigenvalue weighted by molar-refractivity contribution is 7.99. The predicted molar refractivity (Wildman–Crippen MR) is 90.6 cm³/mol. The highest BCUT2D eigenvalue weighted by atomic mass is 32.2. The zero-order valence-corrected chi connectivity index (χ0v) is 14.0. The number of hydrogen-bond acceptors (Lipinski definition) is 2. The van der Waals surface area contributed by atoms with Crippen molar-refractivity contribution in [3.63, 3.8) is 0 Å². The van der Waals surface area contributed by atoms with Gasteiger partial charge in [-0.25, -0.2) is 0 Å². The average Bonchev–Trinajstić information content (AvgIpc) is 2.66. The molecule has 1 fully saturated rings. The molecule has 0 saturated heterocycles. The second-order valence-corrected chi connectivity index (χ2v) is 7.47. The fourth-order valence-electron chi connectivity index (χ4n) is 2.87. The van der Waals surface area contributed by atoms with Crippen LogP contribution in [0.3, 0.4) is 0 Å². The molecule has 1 aromatic rings. The Morgan fingerprint density at radius 1 is 1.05 bits per heavy atom. The quantitative estimate of drug-likeness (QED) is 0.424. The highest BCUT2D eigenvalue weighted by Crippen LogP contribution is 2.40. The standard InChI is InChI=1S/C17H26S2/c1-14-7-8-16(11-15(14)2)19-13-17(12-18)9-5-3-4-6-10-17/h7-8,11,18H,3-6,9-10,12-13H2,1-2H3. The van der Waals surface area contributed by atoms with E-state index in [4.69, 9.17) is 0 Å². The van der Waals surface area contributed by atoms with E-state index in [0.29, 0.717) is 5.41 Å². The van der Waals surface area contributed by atoms with E-state index >= 15 is 0 Å². The lowest BCUT2D eigenvalue weighted by atomic mass is 9.84. The predicted octanol–water partition coefficient (Wildman–Crippen LogP) is 5.67. The maximum Gasteiger partial charge on any atom is 0.00749 e. The second kappa shape index (κ2) is 7.08. The Morgan fingerprint density at radius 2 is 1.74 bits per heavy atom. The van der Waals surface area contributed by atoms with Gasteiger partial charge >= 0.3 is 0 Å². The van der Waals surface area contributed by atoms with Crippen LogP contribution in [0, 0.1) is 19.3 Å². The lowest BCUT2D eigenvalue weighted by molar-refractivity contribution is 0.332. The van der Waals surface area contributed by atoms with Crippen molar-refractivity contribution in [2.75, 3.05) is 11.5 Å². The van der Waals surface area contributed by atoms with Gasteiger partial charge in [0.25, 0.3) is 0 Å². The van der Waals surface area contributed by atoms with Gasteiger partial charge in [-0.3, -0.25) is 0 Å². The molecule has 0 spiro atoms. The van der Waals surface area contributed by atoms with Gasteiger partial charge in [-0.2, -0.15) is 12.6 Å². The second-order valence-electron chi connectivity index (χ2n) is 6.11. The third-order valence-corrected chi connectivity index (χ3v) is 6.54. The average molecular weight is 295 g/mol. The maximum absolute atomic E-state index is 4.67. The molecule has 1 aliphatic rings. The third-order valence-electron chi connectivity index (χ3n) is 4.52. The smallest absolute Gasteiger partial charge is 0.00749 e. The van der Waals surface area contributed by atoms with Gasteiger partial charge < -0.3 is 0 Å². The first-order chi connectivity index (χ1) is 9.15. The highest BCUT2D eigenvalue weighted by Gasteiger charge is 2.29. The fraction of sp³-hybridized carbons (Fsp3) is 0.647. The molecule has 2 rings (SSSR count). The van der Waals surface area contributed by atoms with Crippen LogP contribution in [0.1, 0.15) is 49.7 Å². The Labute approximate surface area is 128 Å². The molecular formula is C17H26S2. The van der Waals surface area contributed by atoms with Gasteiger partial charge in [0.2, 0.25) is 0 Å². The van der Waals surface area contributed by atoms with Crippen molar-refractivity contribution in [2.24, 2.45) is 5.41 Å². The lowest BCUT2D eigenvalue weighted by Crippen LogP contribution is -2.25.